The summed E-state index contributed by atoms with van der Waals surface area (Å²) in [5.41, 5.74) is 2.49. The molecular weight excluding hydrogens is 340 g/mol. The Morgan fingerprint density at radius 2 is 1.78 bits per heavy atom. The van der Waals surface area contributed by atoms with Crippen LogP contribution in [0, 0.1) is 0 Å². The first kappa shape index (κ1) is 16.8. The minimum absolute atomic E-state index is 0.608. The van der Waals surface area contributed by atoms with Gasteiger partial charge in [-0.05, 0) is 36.4 Å². The van der Waals surface area contributed by atoms with E-state index in [1.165, 1.54) is 0 Å². The summed E-state index contributed by atoms with van der Waals surface area (Å²) in [6.07, 6.45) is 3.48. The lowest BCUT2D eigenvalue weighted by atomic mass is 10.2. The van der Waals surface area contributed by atoms with E-state index in [9.17, 15) is 0 Å². The summed E-state index contributed by atoms with van der Waals surface area (Å²) < 4.78 is 10.8. The van der Waals surface area contributed by atoms with Crippen LogP contribution < -0.4 is 14.8 Å². The minimum atomic E-state index is 0.608. The highest BCUT2D eigenvalue weighted by molar-refractivity contribution is 5.92. The molecule has 0 saturated heterocycles. The molecule has 6 nitrogen and oxygen atoms in total. The zero-order valence-corrected chi connectivity index (χ0v) is 15.0. The van der Waals surface area contributed by atoms with Gasteiger partial charge in [-0.1, -0.05) is 12.1 Å². The van der Waals surface area contributed by atoms with Gasteiger partial charge in [-0.3, -0.25) is 4.98 Å². The molecule has 0 atom stereocenters. The minimum Gasteiger partial charge on any atom is -0.497 e. The first-order valence-electron chi connectivity index (χ1n) is 8.44. The van der Waals surface area contributed by atoms with Crippen molar-refractivity contribution in [3.63, 3.8) is 0 Å². The van der Waals surface area contributed by atoms with Crippen molar-refractivity contribution in [2.45, 2.75) is 0 Å². The summed E-state index contributed by atoms with van der Waals surface area (Å²) in [6.45, 7) is 0. The Morgan fingerprint density at radius 3 is 2.56 bits per heavy atom. The highest BCUT2D eigenvalue weighted by Gasteiger charge is 2.12. The van der Waals surface area contributed by atoms with E-state index in [1.807, 2.05) is 54.6 Å². The number of nitrogens with zero attached hydrogens (tertiary/aromatic N) is 3. The number of fused-ring (bicyclic) bond motifs is 1. The van der Waals surface area contributed by atoms with Crippen LogP contribution in [-0.2, 0) is 0 Å². The number of ether oxygens (including phenoxy) is 2. The molecule has 1 N–H and O–H groups in total. The lowest BCUT2D eigenvalue weighted by Gasteiger charge is -2.14. The van der Waals surface area contributed by atoms with E-state index in [1.54, 1.807) is 26.6 Å². The van der Waals surface area contributed by atoms with Crippen molar-refractivity contribution in [2.75, 3.05) is 19.5 Å². The van der Waals surface area contributed by atoms with Crippen molar-refractivity contribution < 1.29 is 9.47 Å². The van der Waals surface area contributed by atoms with E-state index in [-0.39, 0.29) is 0 Å². The molecule has 0 unspecified atom stereocenters. The van der Waals surface area contributed by atoms with Crippen LogP contribution in [0.3, 0.4) is 0 Å². The highest BCUT2D eigenvalue weighted by Crippen LogP contribution is 2.33. The van der Waals surface area contributed by atoms with Gasteiger partial charge in [-0.25, -0.2) is 9.97 Å². The fraction of sp³-hybridized carbons (Fsp3) is 0.0952. The van der Waals surface area contributed by atoms with Crippen molar-refractivity contribution in [2.24, 2.45) is 0 Å². The maximum atomic E-state index is 5.49. The second kappa shape index (κ2) is 7.29. The molecule has 0 aliphatic rings. The molecule has 2 aromatic carbocycles. The Labute approximate surface area is 156 Å². The largest absolute Gasteiger partial charge is 0.497 e. The van der Waals surface area contributed by atoms with E-state index in [2.05, 4.69) is 15.3 Å². The summed E-state index contributed by atoms with van der Waals surface area (Å²) in [5.74, 6) is 2.70. The van der Waals surface area contributed by atoms with E-state index in [4.69, 9.17) is 14.5 Å². The first-order chi connectivity index (χ1) is 13.3. The standard InChI is InChI=1S/C21H18N4O2/c1-26-15-9-10-18(19(12-15)27-2)24-21-16-7-3-4-8-17(16)23-20(25-21)14-6-5-11-22-13-14/h3-13H,1-2H3,(H,23,24,25). The summed E-state index contributed by atoms with van der Waals surface area (Å²) in [5, 5.41) is 4.30. The molecule has 0 saturated carbocycles. The predicted octanol–water partition coefficient (Wildman–Crippen LogP) is 4.45. The number of nitrogens with one attached hydrogen (secondary N) is 1. The van der Waals surface area contributed by atoms with E-state index in [0.717, 1.165) is 27.9 Å². The van der Waals surface area contributed by atoms with Gasteiger partial charge in [0, 0.05) is 29.4 Å². The first-order valence-corrected chi connectivity index (χ1v) is 8.44. The van der Waals surface area contributed by atoms with Gasteiger partial charge in [-0.15, -0.1) is 0 Å². The number of methoxy groups -OCH3 is 2. The normalized spacial score (nSPS) is 10.6. The molecule has 0 amide bonds. The number of aromatic nitrogens is 3. The predicted molar refractivity (Wildman–Crippen MR) is 106 cm³/mol. The number of benzene rings is 2. The van der Waals surface area contributed by atoms with E-state index >= 15 is 0 Å². The Morgan fingerprint density at radius 1 is 0.889 bits per heavy atom. The Balaban J connectivity index is 1.84. The number of pyridine rings is 1. The van der Waals surface area contributed by atoms with Crippen LogP contribution in [0.15, 0.2) is 67.0 Å². The number of hydrogen-bond donors (Lipinski definition) is 1. The Hall–Kier alpha value is -3.67. The van der Waals surface area contributed by atoms with Gasteiger partial charge >= 0.3 is 0 Å². The molecule has 0 radical (unpaired) electrons. The van der Waals surface area contributed by atoms with Gasteiger partial charge < -0.3 is 14.8 Å². The fourth-order valence-corrected chi connectivity index (χ4v) is 2.83. The van der Waals surface area contributed by atoms with Crippen molar-refractivity contribution >= 4 is 22.4 Å². The molecule has 27 heavy (non-hydrogen) atoms. The second-order valence-electron chi connectivity index (χ2n) is 5.85. The fourth-order valence-electron chi connectivity index (χ4n) is 2.83. The summed E-state index contributed by atoms with van der Waals surface area (Å²) in [7, 11) is 3.25. The van der Waals surface area contributed by atoms with Gasteiger partial charge in [0.2, 0.25) is 0 Å². The molecular formula is C21H18N4O2. The number of hydrogen-bond acceptors (Lipinski definition) is 6. The maximum absolute atomic E-state index is 5.49. The molecule has 2 aromatic heterocycles. The van der Waals surface area contributed by atoms with Gasteiger partial charge in [0.15, 0.2) is 5.82 Å². The van der Waals surface area contributed by atoms with Crippen molar-refractivity contribution in [3.05, 3.63) is 67.0 Å². The Bertz CT molecular complexity index is 1080. The average molecular weight is 358 g/mol. The van der Waals surface area contributed by atoms with Gasteiger partial charge in [0.1, 0.15) is 17.3 Å². The van der Waals surface area contributed by atoms with E-state index in [0.29, 0.717) is 17.4 Å². The summed E-state index contributed by atoms with van der Waals surface area (Å²) in [6, 6.07) is 17.3. The quantitative estimate of drug-likeness (QED) is 0.568. The third-order valence-corrected chi connectivity index (χ3v) is 4.18. The lowest BCUT2D eigenvalue weighted by Crippen LogP contribution is -2.01. The zero-order chi connectivity index (χ0) is 18.6. The maximum Gasteiger partial charge on any atom is 0.163 e. The second-order valence-corrected chi connectivity index (χ2v) is 5.85. The molecule has 4 aromatic rings. The lowest BCUT2D eigenvalue weighted by molar-refractivity contribution is 0.395. The summed E-state index contributed by atoms with van der Waals surface area (Å²) in [4.78, 5) is 13.6. The van der Waals surface area contributed by atoms with Crippen LogP contribution in [-0.4, -0.2) is 29.2 Å². The van der Waals surface area contributed by atoms with Crippen LogP contribution in [0.1, 0.15) is 0 Å². The van der Waals surface area contributed by atoms with Crippen molar-refractivity contribution in [1.29, 1.82) is 0 Å². The Kier molecular flexibility index (Phi) is 4.53. The molecule has 2 heterocycles. The smallest absolute Gasteiger partial charge is 0.163 e. The zero-order valence-electron chi connectivity index (χ0n) is 15.0. The number of rotatable bonds is 5. The number of para-hydroxylation sites is 1. The molecule has 6 heteroatoms. The van der Waals surface area contributed by atoms with Crippen LogP contribution >= 0.6 is 0 Å². The van der Waals surface area contributed by atoms with Crippen LogP contribution in [0.4, 0.5) is 11.5 Å². The third kappa shape index (κ3) is 3.37. The molecule has 0 bridgehead atoms. The molecule has 0 spiro atoms. The molecule has 4 rings (SSSR count). The van der Waals surface area contributed by atoms with Crippen molar-refractivity contribution in [1.82, 2.24) is 15.0 Å². The summed E-state index contributed by atoms with van der Waals surface area (Å²) >= 11 is 0. The highest BCUT2D eigenvalue weighted by atomic mass is 16.5. The SMILES string of the molecule is COc1ccc(Nc2nc(-c3cccnc3)nc3ccccc23)c(OC)c1. The van der Waals surface area contributed by atoms with Gasteiger partial charge in [-0.2, -0.15) is 0 Å². The van der Waals surface area contributed by atoms with Crippen LogP contribution in [0.5, 0.6) is 11.5 Å². The molecule has 0 fully saturated rings. The number of anilines is 2. The van der Waals surface area contributed by atoms with Crippen LogP contribution in [0.2, 0.25) is 0 Å². The van der Waals surface area contributed by atoms with Crippen LogP contribution in [0.25, 0.3) is 22.3 Å². The average Bonchev–Trinajstić information content (AvgIpc) is 2.74. The molecule has 0 aliphatic carbocycles. The van der Waals surface area contributed by atoms with E-state index < -0.39 is 0 Å². The van der Waals surface area contributed by atoms with Crippen molar-refractivity contribution in [3.8, 4) is 22.9 Å². The molecule has 0 aliphatic heterocycles. The molecule has 134 valence electrons. The topological polar surface area (TPSA) is 69.2 Å². The monoisotopic (exact) mass is 358 g/mol. The van der Waals surface area contributed by atoms with Gasteiger partial charge in [0.05, 0.1) is 25.4 Å². The third-order valence-electron chi connectivity index (χ3n) is 4.18. The van der Waals surface area contributed by atoms with Gasteiger partial charge in [0.25, 0.3) is 0 Å².